The van der Waals surface area contributed by atoms with Crippen molar-refractivity contribution in [1.29, 1.82) is 0 Å². The van der Waals surface area contributed by atoms with Crippen LogP contribution in [-0.4, -0.2) is 32.0 Å². The summed E-state index contributed by atoms with van der Waals surface area (Å²) in [4.78, 5) is 4.21. The molecule has 1 N–H and O–H groups in total. The van der Waals surface area contributed by atoms with Crippen LogP contribution in [0.4, 0.5) is 0 Å². The lowest BCUT2D eigenvalue weighted by molar-refractivity contribution is 0.413. The summed E-state index contributed by atoms with van der Waals surface area (Å²) in [6.07, 6.45) is 2.99. The van der Waals surface area contributed by atoms with Crippen molar-refractivity contribution in [3.8, 4) is 0 Å². The maximum absolute atomic E-state index is 11.0. The van der Waals surface area contributed by atoms with E-state index in [1.54, 1.807) is 17.5 Å². The van der Waals surface area contributed by atoms with Gasteiger partial charge < -0.3 is 5.32 Å². The van der Waals surface area contributed by atoms with Gasteiger partial charge in [-0.1, -0.05) is 0 Å². The summed E-state index contributed by atoms with van der Waals surface area (Å²) in [5.74, 6) is 0.155. The standard InChI is InChI=1S/C9H16N2O2S2/c1-9(2,8-10-4-6-14-8)11-5-7-15(3,12)13/h4,6,11H,5,7H2,1-3H3. The molecule has 15 heavy (non-hydrogen) atoms. The van der Waals surface area contributed by atoms with Crippen molar-refractivity contribution in [1.82, 2.24) is 10.3 Å². The van der Waals surface area contributed by atoms with Gasteiger partial charge in [0.15, 0.2) is 0 Å². The monoisotopic (exact) mass is 248 g/mol. The number of thiazole rings is 1. The van der Waals surface area contributed by atoms with Crippen LogP contribution >= 0.6 is 11.3 Å². The molecular formula is C9H16N2O2S2. The zero-order chi connectivity index (χ0) is 11.5. The summed E-state index contributed by atoms with van der Waals surface area (Å²) in [5.41, 5.74) is -0.265. The molecule has 0 radical (unpaired) electrons. The zero-order valence-electron chi connectivity index (χ0n) is 9.15. The molecule has 0 aliphatic heterocycles. The maximum atomic E-state index is 11.0. The SMILES string of the molecule is CC(C)(NCCS(C)(=O)=O)c1nccs1. The average molecular weight is 248 g/mol. The molecule has 4 nitrogen and oxygen atoms in total. The van der Waals surface area contributed by atoms with Crippen LogP contribution in [0.25, 0.3) is 0 Å². The van der Waals surface area contributed by atoms with Gasteiger partial charge in [-0.15, -0.1) is 11.3 Å². The summed E-state index contributed by atoms with van der Waals surface area (Å²) in [7, 11) is -2.89. The van der Waals surface area contributed by atoms with Crippen LogP contribution < -0.4 is 5.32 Å². The molecule has 0 saturated carbocycles. The van der Waals surface area contributed by atoms with Gasteiger partial charge in [-0.3, -0.25) is 0 Å². The smallest absolute Gasteiger partial charge is 0.148 e. The first-order valence-electron chi connectivity index (χ1n) is 4.64. The molecule has 1 aromatic rings. The first-order chi connectivity index (χ1) is 6.81. The fourth-order valence-corrected chi connectivity index (χ4v) is 2.37. The number of nitrogens with zero attached hydrogens (tertiary/aromatic N) is 1. The van der Waals surface area contributed by atoms with Crippen molar-refractivity contribution in [2.75, 3.05) is 18.6 Å². The Morgan fingerprint density at radius 2 is 2.20 bits per heavy atom. The van der Waals surface area contributed by atoms with Gasteiger partial charge in [0.2, 0.25) is 0 Å². The van der Waals surface area contributed by atoms with Gasteiger partial charge in [0, 0.05) is 24.4 Å². The van der Waals surface area contributed by atoms with E-state index in [9.17, 15) is 8.42 Å². The third-order valence-corrected chi connectivity index (χ3v) is 4.05. The van der Waals surface area contributed by atoms with Gasteiger partial charge in [0.05, 0.1) is 11.3 Å². The summed E-state index contributed by atoms with van der Waals surface area (Å²) in [5, 5.41) is 6.07. The molecule has 1 aromatic heterocycles. The molecule has 1 heterocycles. The van der Waals surface area contributed by atoms with Crippen molar-refractivity contribution in [3.63, 3.8) is 0 Å². The first kappa shape index (κ1) is 12.6. The van der Waals surface area contributed by atoms with E-state index < -0.39 is 9.84 Å². The predicted molar refractivity (Wildman–Crippen MR) is 62.9 cm³/mol. The van der Waals surface area contributed by atoms with Gasteiger partial charge in [0.25, 0.3) is 0 Å². The molecule has 86 valence electrons. The Balaban J connectivity index is 2.51. The Labute approximate surface area is 94.7 Å². The van der Waals surface area contributed by atoms with Crippen LogP contribution in [0.5, 0.6) is 0 Å². The molecule has 0 aliphatic rings. The van der Waals surface area contributed by atoms with E-state index in [0.29, 0.717) is 6.54 Å². The van der Waals surface area contributed by atoms with Crippen LogP contribution in [0.2, 0.25) is 0 Å². The van der Waals surface area contributed by atoms with Crippen molar-refractivity contribution in [2.24, 2.45) is 0 Å². The first-order valence-corrected chi connectivity index (χ1v) is 7.58. The maximum Gasteiger partial charge on any atom is 0.148 e. The molecule has 0 fully saturated rings. The van der Waals surface area contributed by atoms with E-state index in [-0.39, 0.29) is 11.3 Å². The highest BCUT2D eigenvalue weighted by Crippen LogP contribution is 2.21. The molecule has 0 aromatic carbocycles. The normalized spacial score (nSPS) is 13.0. The molecule has 0 aliphatic carbocycles. The van der Waals surface area contributed by atoms with Gasteiger partial charge in [0.1, 0.15) is 14.8 Å². The fraction of sp³-hybridized carbons (Fsp3) is 0.667. The fourth-order valence-electron chi connectivity index (χ4n) is 1.16. The summed E-state index contributed by atoms with van der Waals surface area (Å²) in [6.45, 7) is 4.44. The van der Waals surface area contributed by atoms with E-state index in [4.69, 9.17) is 0 Å². The Morgan fingerprint density at radius 1 is 1.53 bits per heavy atom. The highest BCUT2D eigenvalue weighted by molar-refractivity contribution is 7.90. The summed E-state index contributed by atoms with van der Waals surface area (Å²) >= 11 is 1.56. The van der Waals surface area contributed by atoms with Crippen molar-refractivity contribution in [2.45, 2.75) is 19.4 Å². The zero-order valence-corrected chi connectivity index (χ0v) is 10.8. The van der Waals surface area contributed by atoms with Gasteiger partial charge in [-0.05, 0) is 13.8 Å². The van der Waals surface area contributed by atoms with E-state index >= 15 is 0 Å². The molecule has 0 saturated heterocycles. The van der Waals surface area contributed by atoms with Crippen LogP contribution in [0.15, 0.2) is 11.6 Å². The molecule has 0 spiro atoms. The topological polar surface area (TPSA) is 59.1 Å². The van der Waals surface area contributed by atoms with E-state index in [1.807, 2.05) is 19.2 Å². The molecular weight excluding hydrogens is 232 g/mol. The average Bonchev–Trinajstić information content (AvgIpc) is 2.52. The quantitative estimate of drug-likeness (QED) is 0.845. The summed E-state index contributed by atoms with van der Waals surface area (Å²) in [6, 6.07) is 0. The number of rotatable bonds is 5. The van der Waals surface area contributed by atoms with Gasteiger partial charge in [-0.25, -0.2) is 13.4 Å². The van der Waals surface area contributed by atoms with Gasteiger partial charge in [-0.2, -0.15) is 0 Å². The number of hydrogen-bond donors (Lipinski definition) is 1. The Morgan fingerprint density at radius 3 is 2.67 bits per heavy atom. The predicted octanol–water partition coefficient (Wildman–Crippen LogP) is 1.01. The molecule has 0 amide bonds. The van der Waals surface area contributed by atoms with Crippen molar-refractivity contribution >= 4 is 21.2 Å². The lowest BCUT2D eigenvalue weighted by atomic mass is 10.1. The molecule has 0 unspecified atom stereocenters. The Kier molecular flexibility index (Phi) is 3.86. The summed E-state index contributed by atoms with van der Waals surface area (Å²) < 4.78 is 21.9. The van der Waals surface area contributed by atoms with Crippen molar-refractivity contribution in [3.05, 3.63) is 16.6 Å². The van der Waals surface area contributed by atoms with Crippen LogP contribution in [0.1, 0.15) is 18.9 Å². The third kappa shape index (κ3) is 4.27. The van der Waals surface area contributed by atoms with Crippen LogP contribution in [0, 0.1) is 0 Å². The second kappa shape index (κ2) is 4.59. The van der Waals surface area contributed by atoms with Gasteiger partial charge >= 0.3 is 0 Å². The molecule has 1 rings (SSSR count). The second-order valence-electron chi connectivity index (χ2n) is 4.02. The molecule has 0 atom stereocenters. The number of hydrogen-bond acceptors (Lipinski definition) is 5. The number of aromatic nitrogens is 1. The van der Waals surface area contributed by atoms with E-state index in [0.717, 1.165) is 5.01 Å². The minimum atomic E-state index is -2.89. The van der Waals surface area contributed by atoms with E-state index in [2.05, 4.69) is 10.3 Å². The highest BCUT2D eigenvalue weighted by Gasteiger charge is 2.22. The Hall–Kier alpha value is -0.460. The largest absolute Gasteiger partial charge is 0.305 e. The second-order valence-corrected chi connectivity index (χ2v) is 7.17. The van der Waals surface area contributed by atoms with Crippen LogP contribution in [0.3, 0.4) is 0 Å². The van der Waals surface area contributed by atoms with Crippen LogP contribution in [-0.2, 0) is 15.4 Å². The highest BCUT2D eigenvalue weighted by atomic mass is 32.2. The van der Waals surface area contributed by atoms with Crippen molar-refractivity contribution < 1.29 is 8.42 Å². The third-order valence-electron chi connectivity index (χ3n) is 2.01. The minimum Gasteiger partial charge on any atom is -0.305 e. The molecule has 6 heteroatoms. The Bertz CT molecular complexity index is 396. The number of sulfone groups is 1. The lowest BCUT2D eigenvalue weighted by Crippen LogP contribution is -2.39. The molecule has 0 bridgehead atoms. The number of nitrogens with one attached hydrogen (secondary N) is 1. The lowest BCUT2D eigenvalue weighted by Gasteiger charge is -2.23. The van der Waals surface area contributed by atoms with E-state index in [1.165, 1.54) is 6.26 Å². The minimum absolute atomic E-state index is 0.155.